The molecule has 0 saturated carbocycles. The van der Waals surface area contributed by atoms with Gasteiger partial charge in [0, 0.05) is 76.7 Å². The summed E-state index contributed by atoms with van der Waals surface area (Å²) in [6.45, 7) is 0. The highest BCUT2D eigenvalue weighted by molar-refractivity contribution is 7.26. The van der Waals surface area contributed by atoms with Gasteiger partial charge in [-0.3, -0.25) is 0 Å². The summed E-state index contributed by atoms with van der Waals surface area (Å²) in [6.07, 6.45) is 3.75. The second kappa shape index (κ2) is 13.2. The fourth-order valence-electron chi connectivity index (χ4n) is 7.71. The molecule has 4 heterocycles. The van der Waals surface area contributed by atoms with E-state index in [2.05, 4.69) is 119 Å². The van der Waals surface area contributed by atoms with E-state index in [1.165, 1.54) is 25.7 Å². The average Bonchev–Trinajstić information content (AvgIpc) is 3.86. The van der Waals surface area contributed by atoms with Gasteiger partial charge in [0.15, 0.2) is 11.6 Å². The number of hydrogen-bond donors (Lipinski definition) is 0. The highest BCUT2D eigenvalue weighted by Crippen LogP contribution is 2.46. The number of fused-ring (bicyclic) bond motifs is 6. The minimum absolute atomic E-state index is 0.631. The third-order valence-electron chi connectivity index (χ3n) is 10.5. The Bertz CT molecular complexity index is 3230. The zero-order chi connectivity index (χ0) is 37.0. The number of hydrogen-bond acceptors (Lipinski definition) is 6. The Balaban J connectivity index is 1.06. The minimum atomic E-state index is 0.631. The zero-order valence-electron chi connectivity index (χ0n) is 29.9. The Labute approximate surface area is 326 Å². The maximum atomic E-state index is 6.79. The first kappa shape index (κ1) is 32.2. The van der Waals surface area contributed by atoms with E-state index in [9.17, 15) is 0 Å². The van der Waals surface area contributed by atoms with Crippen LogP contribution in [0.25, 0.3) is 110 Å². The van der Waals surface area contributed by atoms with E-state index in [4.69, 9.17) is 14.4 Å². The molecule has 4 aromatic heterocycles. The number of rotatable bonds is 6. The second-order valence-electron chi connectivity index (χ2n) is 13.8. The van der Waals surface area contributed by atoms with Crippen LogP contribution < -0.4 is 0 Å². The van der Waals surface area contributed by atoms with Crippen molar-refractivity contribution < 1.29 is 4.42 Å². The predicted molar refractivity (Wildman–Crippen MR) is 230 cm³/mol. The number of benzene rings is 7. The summed E-state index contributed by atoms with van der Waals surface area (Å²) in [7, 11) is 0. The average molecular weight is 735 g/mol. The lowest BCUT2D eigenvalue weighted by atomic mass is 9.95. The summed E-state index contributed by atoms with van der Waals surface area (Å²) < 4.78 is 9.35. The van der Waals surface area contributed by atoms with E-state index in [-0.39, 0.29) is 0 Å². The normalized spacial score (nSPS) is 11.6. The van der Waals surface area contributed by atoms with E-state index in [1.54, 1.807) is 0 Å². The molecule has 0 fully saturated rings. The molecule has 5 nitrogen and oxygen atoms in total. The van der Waals surface area contributed by atoms with Crippen LogP contribution in [0.5, 0.6) is 0 Å². The van der Waals surface area contributed by atoms with Crippen molar-refractivity contribution in [3.63, 3.8) is 0 Å². The van der Waals surface area contributed by atoms with Crippen LogP contribution in [0.1, 0.15) is 0 Å². The summed E-state index contributed by atoms with van der Waals surface area (Å²) in [5.41, 5.74) is 11.4. The molecule has 0 radical (unpaired) electrons. The molecule has 11 rings (SSSR count). The molecule has 0 aliphatic rings. The van der Waals surface area contributed by atoms with Crippen LogP contribution in [0.15, 0.2) is 187 Å². The third kappa shape index (κ3) is 5.46. The largest absolute Gasteiger partial charge is 0.455 e. The van der Waals surface area contributed by atoms with Crippen LogP contribution >= 0.6 is 11.3 Å². The van der Waals surface area contributed by atoms with E-state index >= 15 is 0 Å². The van der Waals surface area contributed by atoms with Crippen molar-refractivity contribution in [1.82, 2.24) is 19.9 Å². The van der Waals surface area contributed by atoms with Crippen molar-refractivity contribution in [2.75, 3.05) is 0 Å². The number of nitrogens with zero attached hydrogens (tertiary/aromatic N) is 4. The van der Waals surface area contributed by atoms with Crippen molar-refractivity contribution >= 4 is 53.4 Å². The molecular weight excluding hydrogens is 705 g/mol. The highest BCUT2D eigenvalue weighted by atomic mass is 32.1. The molecule has 0 amide bonds. The molecular formula is C50H30N4OS. The van der Waals surface area contributed by atoms with Gasteiger partial charge in [-0.2, -0.15) is 0 Å². The Morgan fingerprint density at radius 1 is 0.411 bits per heavy atom. The topological polar surface area (TPSA) is 64.7 Å². The van der Waals surface area contributed by atoms with Gasteiger partial charge in [0.1, 0.15) is 11.2 Å². The van der Waals surface area contributed by atoms with Crippen LogP contribution in [0.3, 0.4) is 0 Å². The van der Waals surface area contributed by atoms with Crippen molar-refractivity contribution in [3.05, 3.63) is 182 Å². The first-order valence-electron chi connectivity index (χ1n) is 18.5. The van der Waals surface area contributed by atoms with E-state index in [0.29, 0.717) is 11.6 Å². The van der Waals surface area contributed by atoms with Crippen LogP contribution in [-0.2, 0) is 0 Å². The first-order chi connectivity index (χ1) is 27.7. The monoisotopic (exact) mass is 734 g/mol. The minimum Gasteiger partial charge on any atom is -0.455 e. The van der Waals surface area contributed by atoms with Gasteiger partial charge in [-0.15, -0.1) is 11.3 Å². The maximum absolute atomic E-state index is 6.79. The van der Waals surface area contributed by atoms with Gasteiger partial charge in [-0.1, -0.05) is 146 Å². The number of aromatic nitrogens is 4. The van der Waals surface area contributed by atoms with Gasteiger partial charge >= 0.3 is 0 Å². The van der Waals surface area contributed by atoms with Gasteiger partial charge < -0.3 is 4.42 Å². The molecule has 0 N–H and O–H groups in total. The highest BCUT2D eigenvalue weighted by Gasteiger charge is 2.21. The zero-order valence-corrected chi connectivity index (χ0v) is 30.7. The Morgan fingerprint density at radius 2 is 1.04 bits per heavy atom. The lowest BCUT2D eigenvalue weighted by Crippen LogP contribution is -1.96. The standard InChI is InChI=1S/C50H30N4OS/c1-3-12-32(13-4-1)42-28-43(54-50(53-42)34-24-22-31(23-25-34)35-29-51-49(52-30-35)33-14-5-2-6-15-33)40-27-26-37(46-41-17-7-9-20-44(41)55-47(40)46)39-19-11-18-38-36-16-8-10-21-45(36)56-48(38)39/h1-30H. The van der Waals surface area contributed by atoms with Gasteiger partial charge in [-0.25, -0.2) is 19.9 Å². The predicted octanol–water partition coefficient (Wildman–Crippen LogP) is 13.5. The number of para-hydroxylation sites is 1. The summed E-state index contributed by atoms with van der Waals surface area (Å²) >= 11 is 1.84. The Kier molecular flexibility index (Phi) is 7.60. The van der Waals surface area contributed by atoms with Gasteiger partial charge in [-0.05, 0) is 35.4 Å². The summed E-state index contributed by atoms with van der Waals surface area (Å²) in [5, 5.41) is 4.70. The first-order valence-corrected chi connectivity index (χ1v) is 19.3. The number of thiophene rings is 1. The van der Waals surface area contributed by atoms with Crippen molar-refractivity contribution in [1.29, 1.82) is 0 Å². The van der Waals surface area contributed by atoms with Gasteiger partial charge in [0.25, 0.3) is 0 Å². The molecule has 0 aliphatic heterocycles. The van der Waals surface area contributed by atoms with Gasteiger partial charge in [0.2, 0.25) is 0 Å². The van der Waals surface area contributed by atoms with Crippen molar-refractivity contribution in [2.45, 2.75) is 0 Å². The Hall–Kier alpha value is -7.28. The van der Waals surface area contributed by atoms with E-state index in [1.807, 2.05) is 84.4 Å². The lowest BCUT2D eigenvalue weighted by molar-refractivity contribution is 0.670. The van der Waals surface area contributed by atoms with E-state index in [0.717, 1.165) is 72.3 Å². The molecule has 0 unspecified atom stereocenters. The van der Waals surface area contributed by atoms with Crippen LogP contribution in [0.4, 0.5) is 0 Å². The summed E-state index contributed by atoms with van der Waals surface area (Å²) in [4.78, 5) is 19.7. The molecule has 0 bridgehead atoms. The quantitative estimate of drug-likeness (QED) is 0.170. The molecule has 0 aliphatic carbocycles. The fourth-order valence-corrected chi connectivity index (χ4v) is 8.94. The smallest absolute Gasteiger partial charge is 0.160 e. The molecule has 11 aromatic rings. The molecule has 0 spiro atoms. The van der Waals surface area contributed by atoms with Crippen LogP contribution in [0, 0.1) is 0 Å². The van der Waals surface area contributed by atoms with Crippen molar-refractivity contribution in [3.8, 4) is 67.5 Å². The lowest BCUT2D eigenvalue weighted by Gasteiger charge is -2.12. The fraction of sp³-hybridized carbons (Fsp3) is 0. The maximum Gasteiger partial charge on any atom is 0.160 e. The van der Waals surface area contributed by atoms with E-state index < -0.39 is 0 Å². The molecule has 6 heteroatoms. The SMILES string of the molecule is c1ccc(-c2cc(-c3ccc(-c4cccc5c4sc4ccccc45)c4c3oc3ccccc34)nc(-c3ccc(-c4cnc(-c5ccccc5)nc4)cc3)n2)cc1. The molecule has 0 saturated heterocycles. The molecule has 56 heavy (non-hydrogen) atoms. The van der Waals surface area contributed by atoms with Crippen LogP contribution in [-0.4, -0.2) is 19.9 Å². The second-order valence-corrected chi connectivity index (χ2v) is 14.9. The Morgan fingerprint density at radius 3 is 1.84 bits per heavy atom. The van der Waals surface area contributed by atoms with Crippen LogP contribution in [0.2, 0.25) is 0 Å². The third-order valence-corrected chi connectivity index (χ3v) is 11.7. The number of furan rings is 1. The molecule has 7 aromatic carbocycles. The molecule has 0 atom stereocenters. The molecule has 262 valence electrons. The summed E-state index contributed by atoms with van der Waals surface area (Å²) in [5.74, 6) is 1.33. The van der Waals surface area contributed by atoms with Crippen molar-refractivity contribution in [2.24, 2.45) is 0 Å². The van der Waals surface area contributed by atoms with Gasteiger partial charge in [0.05, 0.1) is 11.4 Å². The summed E-state index contributed by atoms with van der Waals surface area (Å²) in [6, 6.07) is 58.7.